The summed E-state index contributed by atoms with van der Waals surface area (Å²) in [7, 11) is 0. The topological polar surface area (TPSA) is 135 Å². The maximum absolute atomic E-state index is 10.6. The minimum absolute atomic E-state index is 0.0310. The minimum atomic E-state index is -5.08. The molecule has 4 rings (SSSR count). The highest BCUT2D eigenvalue weighted by Gasteiger charge is 2.53. The number of thiazole rings is 1. The van der Waals surface area contributed by atoms with Gasteiger partial charge in [-0.15, -0.1) is 11.3 Å². The Hall–Kier alpha value is -2.76. The van der Waals surface area contributed by atoms with Crippen molar-refractivity contribution in [3.05, 3.63) is 33.6 Å². The van der Waals surface area contributed by atoms with Gasteiger partial charge >= 0.3 is 24.3 Å². The number of rotatable bonds is 6. The number of halogens is 6. The minimum Gasteiger partial charge on any atom is -0.475 e. The summed E-state index contributed by atoms with van der Waals surface area (Å²) in [5.74, 6) is -4.19. The maximum Gasteiger partial charge on any atom is 0.490 e. The standard InChI is InChI=1S/C17H23N3O3S.2C2HF3O2/c1-12-5-15(19-23-12)6-20-10-17(11-20)14(3-4-22-17)7-21-8-16-9-24-13(2)18-16;2*3-2(4,5)1(6)7/h5,9,14H,3-4,6-8,10-11H2,1-2H3;2*(H,6,7). The van der Waals surface area contributed by atoms with E-state index in [1.807, 2.05) is 19.9 Å². The predicted octanol–water partition coefficient (Wildman–Crippen LogP) is 3.82. The van der Waals surface area contributed by atoms with Crippen molar-refractivity contribution in [1.82, 2.24) is 15.0 Å². The number of alkyl halides is 6. The van der Waals surface area contributed by atoms with Crippen LogP contribution in [0.25, 0.3) is 0 Å². The molecule has 2 saturated heterocycles. The second kappa shape index (κ2) is 12.9. The zero-order valence-electron chi connectivity index (χ0n) is 20.1. The summed E-state index contributed by atoms with van der Waals surface area (Å²) >= 11 is 1.67. The molecule has 1 atom stereocenters. The van der Waals surface area contributed by atoms with Gasteiger partial charge in [0.05, 0.1) is 35.2 Å². The number of carbonyl (C=O) groups is 2. The van der Waals surface area contributed by atoms with Crippen LogP contribution in [0.1, 0.15) is 28.6 Å². The molecule has 1 spiro atoms. The van der Waals surface area contributed by atoms with Crippen molar-refractivity contribution in [3.63, 3.8) is 0 Å². The van der Waals surface area contributed by atoms with Crippen molar-refractivity contribution >= 4 is 23.3 Å². The first-order chi connectivity index (χ1) is 17.5. The van der Waals surface area contributed by atoms with Crippen molar-refractivity contribution in [2.45, 2.75) is 51.4 Å². The quantitative estimate of drug-likeness (QED) is 0.488. The van der Waals surface area contributed by atoms with Crippen LogP contribution in [0.2, 0.25) is 0 Å². The molecule has 0 saturated carbocycles. The lowest BCUT2D eigenvalue weighted by Gasteiger charge is -2.50. The fourth-order valence-corrected chi connectivity index (χ4v) is 4.29. The Balaban J connectivity index is 0.000000301. The van der Waals surface area contributed by atoms with Crippen molar-refractivity contribution in [2.24, 2.45) is 5.92 Å². The number of likely N-dealkylation sites (tertiary alicyclic amines) is 1. The van der Waals surface area contributed by atoms with E-state index >= 15 is 0 Å². The molecule has 0 radical (unpaired) electrons. The van der Waals surface area contributed by atoms with E-state index < -0.39 is 24.3 Å². The second-order valence-corrected chi connectivity index (χ2v) is 9.51. The summed E-state index contributed by atoms with van der Waals surface area (Å²) < 4.78 is 80.6. The summed E-state index contributed by atoms with van der Waals surface area (Å²) in [6.07, 6.45) is -9.09. The van der Waals surface area contributed by atoms with E-state index in [2.05, 4.69) is 20.4 Å². The second-order valence-electron chi connectivity index (χ2n) is 8.45. The largest absolute Gasteiger partial charge is 0.490 e. The zero-order chi connectivity index (χ0) is 28.7. The molecule has 0 bridgehead atoms. The normalized spacial score (nSPS) is 18.7. The molecule has 10 nitrogen and oxygen atoms in total. The summed E-state index contributed by atoms with van der Waals surface area (Å²) in [5, 5.41) is 21.5. The highest BCUT2D eigenvalue weighted by Crippen LogP contribution is 2.40. The van der Waals surface area contributed by atoms with Gasteiger partial charge in [-0.25, -0.2) is 14.6 Å². The summed E-state index contributed by atoms with van der Waals surface area (Å²) in [6.45, 7) is 8.84. The third-order valence-corrected chi connectivity index (χ3v) is 6.19. The first kappa shape index (κ1) is 31.5. The average Bonchev–Trinajstić information content (AvgIpc) is 3.48. The predicted molar refractivity (Wildman–Crippen MR) is 117 cm³/mol. The van der Waals surface area contributed by atoms with Crippen LogP contribution in [0, 0.1) is 19.8 Å². The smallest absolute Gasteiger partial charge is 0.475 e. The number of nitrogens with zero attached hydrogens (tertiary/aromatic N) is 3. The van der Waals surface area contributed by atoms with Crippen LogP contribution in [0.15, 0.2) is 16.0 Å². The maximum atomic E-state index is 10.6. The van der Waals surface area contributed by atoms with Crippen molar-refractivity contribution in [2.75, 3.05) is 26.3 Å². The van der Waals surface area contributed by atoms with Crippen LogP contribution < -0.4 is 0 Å². The van der Waals surface area contributed by atoms with Gasteiger partial charge in [0.1, 0.15) is 5.76 Å². The molecule has 0 amide bonds. The number of aromatic nitrogens is 2. The SMILES string of the molecule is Cc1cc(CN2CC3(C2)OCCC3COCc2csc(C)n2)no1.O=C(O)C(F)(F)F.O=C(O)C(F)(F)F. The Morgan fingerprint density at radius 3 is 2.16 bits per heavy atom. The molecule has 1 unspecified atom stereocenters. The molecular formula is C21H25F6N3O7S. The Morgan fingerprint density at radius 1 is 1.13 bits per heavy atom. The van der Waals surface area contributed by atoms with Crippen LogP contribution in [0.5, 0.6) is 0 Å². The van der Waals surface area contributed by atoms with E-state index in [1.165, 1.54) is 0 Å². The first-order valence-corrected chi connectivity index (χ1v) is 11.8. The van der Waals surface area contributed by atoms with Gasteiger partial charge in [0, 0.05) is 43.6 Å². The Bertz CT molecular complexity index is 1040. The number of carboxylic acid groups (broad SMARTS) is 2. The third kappa shape index (κ3) is 9.52. The molecule has 2 N–H and O–H groups in total. The van der Waals surface area contributed by atoms with Gasteiger partial charge in [-0.2, -0.15) is 26.3 Å². The Labute approximate surface area is 216 Å². The monoisotopic (exact) mass is 577 g/mol. The van der Waals surface area contributed by atoms with E-state index in [9.17, 15) is 26.3 Å². The van der Waals surface area contributed by atoms with Gasteiger partial charge in [0.2, 0.25) is 0 Å². The van der Waals surface area contributed by atoms with Gasteiger partial charge in [0.25, 0.3) is 0 Å². The average molecular weight is 578 g/mol. The zero-order valence-corrected chi connectivity index (χ0v) is 21.0. The summed E-state index contributed by atoms with van der Waals surface area (Å²) in [5.41, 5.74) is 1.99. The molecule has 0 aromatic carbocycles. The van der Waals surface area contributed by atoms with Crippen LogP contribution in [0.4, 0.5) is 26.3 Å². The number of aliphatic carboxylic acids is 2. The van der Waals surface area contributed by atoms with E-state index in [0.717, 1.165) is 61.4 Å². The molecule has 38 heavy (non-hydrogen) atoms. The van der Waals surface area contributed by atoms with E-state index in [-0.39, 0.29) is 5.60 Å². The lowest BCUT2D eigenvalue weighted by Crippen LogP contribution is -2.64. The van der Waals surface area contributed by atoms with Gasteiger partial charge in [-0.1, -0.05) is 5.16 Å². The lowest BCUT2D eigenvalue weighted by molar-refractivity contribution is -0.193. The third-order valence-electron chi connectivity index (χ3n) is 5.37. The van der Waals surface area contributed by atoms with Gasteiger partial charge < -0.3 is 24.2 Å². The lowest BCUT2D eigenvalue weighted by atomic mass is 9.81. The summed E-state index contributed by atoms with van der Waals surface area (Å²) in [6, 6.07) is 2.00. The summed E-state index contributed by atoms with van der Waals surface area (Å²) in [4.78, 5) is 24.6. The molecule has 2 fully saturated rings. The van der Waals surface area contributed by atoms with Crippen LogP contribution in [-0.4, -0.2) is 81.4 Å². The highest BCUT2D eigenvalue weighted by molar-refractivity contribution is 7.09. The van der Waals surface area contributed by atoms with Crippen molar-refractivity contribution < 1.29 is 60.1 Å². The van der Waals surface area contributed by atoms with E-state index in [4.69, 9.17) is 33.8 Å². The Kier molecular flexibility index (Phi) is 10.6. The fourth-order valence-electron chi connectivity index (χ4n) is 3.69. The van der Waals surface area contributed by atoms with Gasteiger partial charge in [0.15, 0.2) is 0 Å². The molecule has 214 valence electrons. The number of aryl methyl sites for hydroxylation is 2. The molecule has 2 aliphatic heterocycles. The fraction of sp³-hybridized carbons (Fsp3) is 0.619. The van der Waals surface area contributed by atoms with E-state index in [1.54, 1.807) is 11.3 Å². The van der Waals surface area contributed by atoms with Crippen LogP contribution in [0.3, 0.4) is 0 Å². The molecule has 2 aliphatic rings. The number of hydrogen-bond acceptors (Lipinski definition) is 9. The highest BCUT2D eigenvalue weighted by atomic mass is 32.1. The number of carboxylic acids is 2. The number of hydrogen-bond donors (Lipinski definition) is 2. The number of ether oxygens (including phenoxy) is 2. The van der Waals surface area contributed by atoms with Crippen LogP contribution >= 0.6 is 11.3 Å². The van der Waals surface area contributed by atoms with Gasteiger partial charge in [-0.3, -0.25) is 4.90 Å². The molecule has 17 heteroatoms. The molecule has 4 heterocycles. The van der Waals surface area contributed by atoms with Crippen molar-refractivity contribution in [1.29, 1.82) is 0 Å². The molecule has 2 aromatic rings. The van der Waals surface area contributed by atoms with Crippen LogP contribution in [-0.2, 0) is 32.2 Å². The molecule has 2 aromatic heterocycles. The van der Waals surface area contributed by atoms with E-state index in [0.29, 0.717) is 12.5 Å². The Morgan fingerprint density at radius 2 is 1.71 bits per heavy atom. The van der Waals surface area contributed by atoms with Crippen molar-refractivity contribution in [3.8, 4) is 0 Å². The van der Waals surface area contributed by atoms with Gasteiger partial charge in [-0.05, 0) is 20.3 Å². The molecular weight excluding hydrogens is 552 g/mol. The molecule has 0 aliphatic carbocycles. The first-order valence-electron chi connectivity index (χ1n) is 10.9.